The van der Waals surface area contributed by atoms with Gasteiger partial charge in [0, 0.05) is 18.4 Å². The van der Waals surface area contributed by atoms with Gasteiger partial charge in [0.15, 0.2) is 0 Å². The third kappa shape index (κ3) is 5.03. The topological polar surface area (TPSA) is 95.7 Å². The zero-order valence-electron chi connectivity index (χ0n) is 20.5. The van der Waals surface area contributed by atoms with Crippen molar-refractivity contribution in [3.05, 3.63) is 59.7 Å². The number of hydrogen-bond acceptors (Lipinski definition) is 6. The normalized spacial score (nSPS) is 16.6. The molecule has 1 aliphatic heterocycles. The second kappa shape index (κ2) is 9.27. The Morgan fingerprint density at radius 1 is 1.06 bits per heavy atom. The lowest BCUT2D eigenvalue weighted by Gasteiger charge is -2.32. The van der Waals surface area contributed by atoms with Crippen molar-refractivity contribution in [1.82, 2.24) is 4.98 Å². The number of primary amides is 1. The third-order valence-electron chi connectivity index (χ3n) is 6.70. The van der Waals surface area contributed by atoms with Crippen LogP contribution in [0.5, 0.6) is 5.75 Å². The molecule has 1 aromatic heterocycles. The van der Waals surface area contributed by atoms with E-state index in [9.17, 15) is 4.79 Å². The van der Waals surface area contributed by atoms with Gasteiger partial charge >= 0.3 is 7.12 Å². The molecule has 0 aliphatic carbocycles. The Kier molecular flexibility index (Phi) is 6.56. The van der Waals surface area contributed by atoms with Crippen LogP contribution in [0.3, 0.4) is 0 Å². The molecule has 0 spiro atoms. The van der Waals surface area contributed by atoms with Crippen LogP contribution in [0.2, 0.25) is 0 Å². The van der Waals surface area contributed by atoms with E-state index in [-0.39, 0.29) is 12.3 Å². The number of carbonyl (C=O) groups excluding carboxylic acids is 1. The fourth-order valence-corrected chi connectivity index (χ4v) is 3.90. The van der Waals surface area contributed by atoms with Crippen LogP contribution >= 0.6 is 0 Å². The number of nitrogens with one attached hydrogen (secondary N) is 1. The van der Waals surface area contributed by atoms with E-state index in [0.29, 0.717) is 13.0 Å². The molecule has 1 saturated heterocycles. The maximum atomic E-state index is 11.5. The number of ether oxygens (including phenoxy) is 1. The number of aromatic nitrogens is 1. The fourth-order valence-electron chi connectivity index (χ4n) is 3.90. The third-order valence-corrected chi connectivity index (χ3v) is 6.70. The number of anilines is 1. The zero-order chi connectivity index (χ0) is 24.5. The van der Waals surface area contributed by atoms with E-state index >= 15 is 0 Å². The minimum atomic E-state index is -0.448. The highest BCUT2D eigenvalue weighted by atomic mass is 16.7. The number of benzene rings is 2. The van der Waals surface area contributed by atoms with Crippen LogP contribution in [0.15, 0.2) is 48.5 Å². The van der Waals surface area contributed by atoms with E-state index < -0.39 is 18.3 Å². The summed E-state index contributed by atoms with van der Waals surface area (Å²) in [5.41, 5.74) is 8.43. The van der Waals surface area contributed by atoms with Gasteiger partial charge in [0.2, 0.25) is 5.91 Å². The number of methoxy groups -OCH3 is 1. The largest absolute Gasteiger partial charge is 0.497 e. The quantitative estimate of drug-likeness (QED) is 0.498. The van der Waals surface area contributed by atoms with Crippen molar-refractivity contribution in [2.24, 2.45) is 5.73 Å². The summed E-state index contributed by atoms with van der Waals surface area (Å²) >= 11 is 0. The Bertz CT molecular complexity index is 1180. The summed E-state index contributed by atoms with van der Waals surface area (Å²) in [4.78, 5) is 16.3. The molecule has 0 unspecified atom stereocenters. The molecule has 34 heavy (non-hydrogen) atoms. The number of hydrogen-bond donors (Lipinski definition) is 2. The van der Waals surface area contributed by atoms with Gasteiger partial charge in [0.25, 0.3) is 0 Å². The number of amides is 1. The average molecular weight is 461 g/mol. The van der Waals surface area contributed by atoms with Gasteiger partial charge in [-0.25, -0.2) is 4.98 Å². The summed E-state index contributed by atoms with van der Waals surface area (Å²) in [6, 6.07) is 16.0. The Balaban J connectivity index is 1.62. The second-order valence-corrected chi connectivity index (χ2v) is 9.70. The molecular weight excluding hydrogens is 429 g/mol. The summed E-state index contributed by atoms with van der Waals surface area (Å²) in [6.45, 7) is 8.76. The van der Waals surface area contributed by atoms with E-state index in [4.69, 9.17) is 24.8 Å². The van der Waals surface area contributed by atoms with Gasteiger partial charge in [-0.2, -0.15) is 0 Å². The fraction of sp³-hybridized carbons (Fsp3) is 0.385. The van der Waals surface area contributed by atoms with Gasteiger partial charge in [0.1, 0.15) is 11.6 Å². The molecule has 3 N–H and O–H groups in total. The van der Waals surface area contributed by atoms with Crippen molar-refractivity contribution in [2.75, 3.05) is 12.4 Å². The zero-order valence-corrected chi connectivity index (χ0v) is 20.5. The van der Waals surface area contributed by atoms with E-state index in [1.165, 1.54) is 0 Å². The Morgan fingerprint density at radius 3 is 2.35 bits per heavy atom. The summed E-state index contributed by atoms with van der Waals surface area (Å²) in [5, 5.41) is 4.38. The predicted octanol–water partition coefficient (Wildman–Crippen LogP) is 3.57. The van der Waals surface area contributed by atoms with Gasteiger partial charge in [-0.05, 0) is 75.0 Å². The molecule has 8 heteroatoms. The highest BCUT2D eigenvalue weighted by Crippen LogP contribution is 2.36. The summed E-state index contributed by atoms with van der Waals surface area (Å²) in [5.74, 6) is 1.22. The first-order chi connectivity index (χ1) is 16.1. The number of pyridine rings is 1. The monoisotopic (exact) mass is 461 g/mol. The molecule has 1 fully saturated rings. The molecule has 178 valence electrons. The van der Waals surface area contributed by atoms with Crippen LogP contribution in [0.1, 0.15) is 45.2 Å². The van der Waals surface area contributed by atoms with Gasteiger partial charge < -0.3 is 25.1 Å². The molecule has 7 nitrogen and oxygen atoms in total. The first-order valence-corrected chi connectivity index (χ1v) is 11.5. The van der Waals surface area contributed by atoms with Crippen molar-refractivity contribution < 1.29 is 18.8 Å². The van der Waals surface area contributed by atoms with E-state index in [0.717, 1.165) is 39.1 Å². The molecule has 2 heterocycles. The minimum absolute atomic E-state index is 0.251. The highest BCUT2D eigenvalue weighted by Gasteiger charge is 2.51. The number of carbonyl (C=O) groups is 1. The van der Waals surface area contributed by atoms with Crippen LogP contribution in [0.25, 0.3) is 10.9 Å². The maximum Gasteiger partial charge on any atom is 0.494 e. The lowest BCUT2D eigenvalue weighted by Crippen LogP contribution is -2.41. The maximum absolute atomic E-state index is 11.5. The summed E-state index contributed by atoms with van der Waals surface area (Å²) < 4.78 is 17.7. The van der Waals surface area contributed by atoms with E-state index in [1.807, 2.05) is 70.2 Å². The van der Waals surface area contributed by atoms with Crippen molar-refractivity contribution in [2.45, 2.75) is 58.3 Å². The molecule has 4 rings (SSSR count). The van der Waals surface area contributed by atoms with Crippen LogP contribution in [-0.4, -0.2) is 36.3 Å². The molecule has 1 aliphatic rings. The predicted molar refractivity (Wildman–Crippen MR) is 135 cm³/mol. The van der Waals surface area contributed by atoms with E-state index in [2.05, 4.69) is 11.4 Å². The van der Waals surface area contributed by atoms with Crippen molar-refractivity contribution in [1.29, 1.82) is 0 Å². The summed E-state index contributed by atoms with van der Waals surface area (Å²) in [7, 11) is 1.20. The SMILES string of the molecule is COc1ccc(CNc2nc3ccc(B4OC(C)(C)C(C)(C)O4)cc3cc2CCC(N)=O)cc1. The minimum Gasteiger partial charge on any atom is -0.497 e. The number of nitrogens with two attached hydrogens (primary N) is 1. The van der Waals surface area contributed by atoms with Crippen molar-refractivity contribution in [3.8, 4) is 5.75 Å². The van der Waals surface area contributed by atoms with Crippen LogP contribution < -0.4 is 21.3 Å². The van der Waals surface area contributed by atoms with E-state index in [1.54, 1.807) is 7.11 Å². The molecule has 0 radical (unpaired) electrons. The molecule has 0 bridgehead atoms. The van der Waals surface area contributed by atoms with Crippen LogP contribution in [-0.2, 0) is 27.1 Å². The van der Waals surface area contributed by atoms with Crippen LogP contribution in [0, 0.1) is 0 Å². The number of rotatable bonds is 8. The van der Waals surface area contributed by atoms with Gasteiger partial charge in [-0.1, -0.05) is 24.3 Å². The average Bonchev–Trinajstić information content (AvgIpc) is 3.02. The molecule has 2 aromatic carbocycles. The van der Waals surface area contributed by atoms with Gasteiger partial charge in [-0.3, -0.25) is 4.79 Å². The standard InChI is InChI=1S/C26H32BN3O4/c1-25(2)26(3,4)34-27(33-25)20-9-12-22-19(15-20)14-18(8-13-23(28)31)24(30-22)29-16-17-6-10-21(32-5)11-7-17/h6-7,9-12,14-15H,8,13,16H2,1-5H3,(H2,28,31)(H,29,30). The summed E-state index contributed by atoms with van der Waals surface area (Å²) in [6.07, 6.45) is 0.755. The second-order valence-electron chi connectivity index (χ2n) is 9.70. The first-order valence-electron chi connectivity index (χ1n) is 11.5. The molecule has 0 atom stereocenters. The highest BCUT2D eigenvalue weighted by molar-refractivity contribution is 6.62. The van der Waals surface area contributed by atoms with Gasteiger partial charge in [-0.15, -0.1) is 0 Å². The Morgan fingerprint density at radius 2 is 1.74 bits per heavy atom. The smallest absolute Gasteiger partial charge is 0.494 e. The number of fused-ring (bicyclic) bond motifs is 1. The molecule has 1 amide bonds. The lowest BCUT2D eigenvalue weighted by molar-refractivity contribution is -0.117. The molecule has 3 aromatic rings. The van der Waals surface area contributed by atoms with Crippen molar-refractivity contribution in [3.63, 3.8) is 0 Å². The van der Waals surface area contributed by atoms with Crippen molar-refractivity contribution >= 4 is 35.2 Å². The lowest BCUT2D eigenvalue weighted by atomic mass is 9.78. The number of nitrogens with zero attached hydrogens (tertiary/aromatic N) is 1. The van der Waals surface area contributed by atoms with Gasteiger partial charge in [0.05, 0.1) is 23.8 Å². The van der Waals surface area contributed by atoms with Crippen LogP contribution in [0.4, 0.5) is 5.82 Å². The Labute approximate surface area is 201 Å². The first kappa shape index (κ1) is 24.0. The number of aryl methyl sites for hydroxylation is 1. The Hall–Kier alpha value is -3.10. The molecular formula is C26H32BN3O4. The molecule has 0 saturated carbocycles.